The van der Waals surface area contributed by atoms with Gasteiger partial charge in [0.25, 0.3) is 0 Å². The van der Waals surface area contributed by atoms with Gasteiger partial charge in [0, 0.05) is 11.2 Å². The fourth-order valence-electron chi connectivity index (χ4n) is 1.59. The first-order chi connectivity index (χ1) is 6.71. The van der Waals surface area contributed by atoms with E-state index in [1.165, 1.54) is 5.56 Å². The van der Waals surface area contributed by atoms with Gasteiger partial charge in [-0.25, -0.2) is 0 Å². The van der Waals surface area contributed by atoms with Gasteiger partial charge in [-0.05, 0) is 5.56 Å². The Balaban J connectivity index is 0.00000112. The summed E-state index contributed by atoms with van der Waals surface area (Å²) in [5, 5.41) is 0.721. The van der Waals surface area contributed by atoms with Crippen LogP contribution in [0.15, 0.2) is 35.3 Å². The number of nitrogens with zero attached hydrogens (tertiary/aromatic N) is 1. The van der Waals surface area contributed by atoms with E-state index in [4.69, 9.17) is 5.73 Å². The van der Waals surface area contributed by atoms with E-state index in [0.717, 1.165) is 17.5 Å². The van der Waals surface area contributed by atoms with Gasteiger partial charge < -0.3 is 5.73 Å². The molecule has 1 heterocycles. The second-order valence-electron chi connectivity index (χ2n) is 3.87. The van der Waals surface area contributed by atoms with E-state index >= 15 is 0 Å². The zero-order valence-electron chi connectivity index (χ0n) is 8.64. The molecule has 2 rings (SSSR count). The van der Waals surface area contributed by atoms with Gasteiger partial charge in [0.05, 0.1) is 6.54 Å². The number of aliphatic imine (C=N–C) groups is 1. The molecule has 4 heteroatoms. The summed E-state index contributed by atoms with van der Waals surface area (Å²) in [7, 11) is 0. The first kappa shape index (κ1) is 12.4. The molecular formula is C11H15ClN2S. The maximum Gasteiger partial charge on any atom is 0.153 e. The minimum Gasteiger partial charge on any atom is -0.379 e. The molecule has 1 unspecified atom stereocenters. The number of rotatable bonds is 1. The first-order valence-electron chi connectivity index (χ1n) is 4.69. The van der Waals surface area contributed by atoms with E-state index < -0.39 is 0 Å². The number of benzene rings is 1. The third-order valence-corrected chi connectivity index (χ3v) is 3.80. The molecule has 1 aromatic carbocycles. The molecular weight excluding hydrogens is 228 g/mol. The molecule has 15 heavy (non-hydrogen) atoms. The van der Waals surface area contributed by atoms with Gasteiger partial charge in [-0.1, -0.05) is 49.0 Å². The standard InChI is InChI=1S/C11H14N2S.ClH/c1-11(7-13-10(12)14-8-11)9-5-3-2-4-6-9;/h2-6H,7-8H2,1H3,(H2,12,13);1H. The van der Waals surface area contributed by atoms with Crippen LogP contribution >= 0.6 is 24.2 Å². The van der Waals surface area contributed by atoms with Crippen LogP contribution in [0, 0.1) is 0 Å². The molecule has 0 aromatic heterocycles. The minimum absolute atomic E-state index is 0. The molecule has 0 fully saturated rings. The van der Waals surface area contributed by atoms with E-state index in [9.17, 15) is 0 Å². The lowest BCUT2D eigenvalue weighted by atomic mass is 9.84. The van der Waals surface area contributed by atoms with Crippen LogP contribution in [-0.2, 0) is 5.41 Å². The quantitative estimate of drug-likeness (QED) is 0.822. The van der Waals surface area contributed by atoms with Crippen LogP contribution in [0.3, 0.4) is 0 Å². The molecule has 1 aliphatic rings. The van der Waals surface area contributed by atoms with Crippen molar-refractivity contribution < 1.29 is 0 Å². The molecule has 1 atom stereocenters. The van der Waals surface area contributed by atoms with Crippen LogP contribution in [0.1, 0.15) is 12.5 Å². The number of amidine groups is 1. The fraction of sp³-hybridized carbons (Fsp3) is 0.364. The number of halogens is 1. The highest BCUT2D eigenvalue weighted by Crippen LogP contribution is 2.31. The molecule has 0 amide bonds. The average Bonchev–Trinajstić information content (AvgIpc) is 2.24. The summed E-state index contributed by atoms with van der Waals surface area (Å²) >= 11 is 1.65. The van der Waals surface area contributed by atoms with Crippen LogP contribution < -0.4 is 5.73 Å². The maximum absolute atomic E-state index is 5.65. The molecule has 0 bridgehead atoms. The van der Waals surface area contributed by atoms with Crippen LogP contribution in [0.25, 0.3) is 0 Å². The van der Waals surface area contributed by atoms with Crippen LogP contribution in [0.2, 0.25) is 0 Å². The van der Waals surface area contributed by atoms with Crippen molar-refractivity contribution in [1.29, 1.82) is 0 Å². The van der Waals surface area contributed by atoms with Crippen LogP contribution in [0.5, 0.6) is 0 Å². The zero-order valence-corrected chi connectivity index (χ0v) is 10.3. The lowest BCUT2D eigenvalue weighted by Gasteiger charge is -2.31. The molecule has 2 N–H and O–H groups in total. The summed E-state index contributed by atoms with van der Waals surface area (Å²) in [5.74, 6) is 1.02. The molecule has 1 aliphatic heterocycles. The first-order valence-corrected chi connectivity index (χ1v) is 5.67. The lowest BCUT2D eigenvalue weighted by Crippen LogP contribution is -2.34. The molecule has 82 valence electrons. The highest BCUT2D eigenvalue weighted by molar-refractivity contribution is 8.13. The Morgan fingerprint density at radius 3 is 2.53 bits per heavy atom. The van der Waals surface area contributed by atoms with Gasteiger partial charge in [-0.3, -0.25) is 4.99 Å². The van der Waals surface area contributed by atoms with Crippen molar-refractivity contribution in [3.8, 4) is 0 Å². The highest BCUT2D eigenvalue weighted by Gasteiger charge is 2.29. The number of hydrogen-bond acceptors (Lipinski definition) is 3. The third-order valence-electron chi connectivity index (χ3n) is 2.59. The Morgan fingerprint density at radius 1 is 1.33 bits per heavy atom. The highest BCUT2D eigenvalue weighted by atomic mass is 35.5. The largest absolute Gasteiger partial charge is 0.379 e. The summed E-state index contributed by atoms with van der Waals surface area (Å²) in [4.78, 5) is 4.32. The molecule has 2 nitrogen and oxygen atoms in total. The molecule has 0 spiro atoms. The van der Waals surface area contributed by atoms with Gasteiger partial charge >= 0.3 is 0 Å². The van der Waals surface area contributed by atoms with Crippen molar-refractivity contribution in [2.24, 2.45) is 10.7 Å². The lowest BCUT2D eigenvalue weighted by molar-refractivity contribution is 0.548. The van der Waals surface area contributed by atoms with Crippen molar-refractivity contribution in [2.45, 2.75) is 12.3 Å². The summed E-state index contributed by atoms with van der Waals surface area (Å²) in [5.41, 5.74) is 7.15. The topological polar surface area (TPSA) is 38.4 Å². The normalized spacial score (nSPS) is 25.3. The predicted molar refractivity (Wildman–Crippen MR) is 70.0 cm³/mol. The van der Waals surface area contributed by atoms with Gasteiger partial charge in [-0.15, -0.1) is 12.4 Å². The monoisotopic (exact) mass is 242 g/mol. The van der Waals surface area contributed by atoms with Crippen molar-refractivity contribution >= 4 is 29.3 Å². The molecule has 0 saturated carbocycles. The van der Waals surface area contributed by atoms with Crippen LogP contribution in [-0.4, -0.2) is 17.5 Å². The van der Waals surface area contributed by atoms with Crippen molar-refractivity contribution in [3.05, 3.63) is 35.9 Å². The van der Waals surface area contributed by atoms with Gasteiger partial charge in [-0.2, -0.15) is 0 Å². The Labute approximate surface area is 101 Å². The van der Waals surface area contributed by atoms with Crippen LogP contribution in [0.4, 0.5) is 0 Å². The SMILES string of the molecule is CC1(c2ccccc2)CN=C(N)SC1.Cl. The van der Waals surface area contributed by atoms with Crippen molar-refractivity contribution in [1.82, 2.24) is 0 Å². The number of thioether (sulfide) groups is 1. The average molecular weight is 243 g/mol. The molecule has 0 saturated heterocycles. The number of nitrogens with two attached hydrogens (primary N) is 1. The van der Waals surface area contributed by atoms with E-state index in [0.29, 0.717) is 0 Å². The summed E-state index contributed by atoms with van der Waals surface area (Å²) < 4.78 is 0. The third kappa shape index (κ3) is 2.67. The molecule has 1 aromatic rings. The second-order valence-corrected chi connectivity index (χ2v) is 4.87. The Kier molecular flexibility index (Phi) is 4.05. The summed E-state index contributed by atoms with van der Waals surface area (Å²) in [6.07, 6.45) is 0. The maximum atomic E-state index is 5.65. The summed E-state index contributed by atoms with van der Waals surface area (Å²) in [6, 6.07) is 10.5. The van der Waals surface area contributed by atoms with E-state index in [1.807, 2.05) is 6.07 Å². The van der Waals surface area contributed by atoms with Crippen molar-refractivity contribution in [3.63, 3.8) is 0 Å². The fourth-order valence-corrected chi connectivity index (χ4v) is 2.47. The Hall–Kier alpha value is -0.670. The minimum atomic E-state index is 0. The molecule has 0 radical (unpaired) electrons. The number of hydrogen-bond donors (Lipinski definition) is 1. The van der Waals surface area contributed by atoms with Crippen molar-refractivity contribution in [2.75, 3.05) is 12.3 Å². The Morgan fingerprint density at radius 2 is 2.00 bits per heavy atom. The van der Waals surface area contributed by atoms with E-state index in [2.05, 4.69) is 36.2 Å². The zero-order chi connectivity index (χ0) is 10.0. The Bertz CT molecular complexity index is 353. The molecule has 0 aliphatic carbocycles. The summed E-state index contributed by atoms with van der Waals surface area (Å²) in [6.45, 7) is 3.04. The van der Waals surface area contributed by atoms with Gasteiger partial charge in [0.15, 0.2) is 5.17 Å². The smallest absolute Gasteiger partial charge is 0.153 e. The van der Waals surface area contributed by atoms with Gasteiger partial charge in [0.2, 0.25) is 0 Å². The second kappa shape index (κ2) is 4.90. The predicted octanol–water partition coefficient (Wildman–Crippen LogP) is 2.43. The van der Waals surface area contributed by atoms with E-state index in [1.54, 1.807) is 11.8 Å². The van der Waals surface area contributed by atoms with E-state index in [-0.39, 0.29) is 17.8 Å². The van der Waals surface area contributed by atoms with Gasteiger partial charge in [0.1, 0.15) is 0 Å².